The molecule has 3 aromatic carbocycles. The van der Waals surface area contributed by atoms with Gasteiger partial charge in [-0.25, -0.2) is 0 Å². The van der Waals surface area contributed by atoms with Gasteiger partial charge in [-0.3, -0.25) is 0 Å². The molecule has 149 valence electrons. The Morgan fingerprint density at radius 2 is 1.53 bits per heavy atom. The fraction of sp³-hybridized carbons (Fsp3) is 0.115. The van der Waals surface area contributed by atoms with E-state index >= 15 is 0 Å². The molecular weight excluding hydrogens is 449 g/mol. The minimum absolute atomic E-state index is 0. The van der Waals surface area contributed by atoms with Gasteiger partial charge < -0.3 is 24.8 Å². The van der Waals surface area contributed by atoms with Crippen LogP contribution < -0.4 is 24.8 Å². The minimum Gasteiger partial charge on any atom is -1.00 e. The first-order valence-electron chi connectivity index (χ1n) is 9.62. The van der Waals surface area contributed by atoms with Crippen molar-refractivity contribution in [1.29, 1.82) is 0 Å². The number of hydrogen-bond donors (Lipinski definition) is 0. The Morgan fingerprint density at radius 1 is 0.833 bits per heavy atom. The van der Waals surface area contributed by atoms with Crippen LogP contribution in [0.4, 0.5) is 0 Å². The summed E-state index contributed by atoms with van der Waals surface area (Å²) in [6.07, 6.45) is 3.80. The molecule has 0 aliphatic heterocycles. The second kappa shape index (κ2) is 9.38. The third-order valence-electron chi connectivity index (χ3n) is 5.78. The first-order chi connectivity index (χ1) is 13.7. The van der Waals surface area contributed by atoms with Crippen LogP contribution in [0.5, 0.6) is 0 Å². The number of allylic oxidation sites excluding steroid dienone is 4. The molecule has 0 atom stereocenters. The van der Waals surface area contributed by atoms with E-state index in [0.717, 1.165) is 18.4 Å². The molecule has 1 aliphatic carbocycles. The van der Waals surface area contributed by atoms with Crippen molar-refractivity contribution in [2.45, 2.75) is 19.8 Å². The number of benzene rings is 3. The van der Waals surface area contributed by atoms with Crippen LogP contribution in [0.15, 0.2) is 94.6 Å². The Hall–Kier alpha value is -2.08. The van der Waals surface area contributed by atoms with Crippen molar-refractivity contribution in [1.82, 2.24) is 4.98 Å². The zero-order valence-electron chi connectivity index (χ0n) is 16.5. The van der Waals surface area contributed by atoms with Gasteiger partial charge in [0.2, 0.25) is 0 Å². The van der Waals surface area contributed by atoms with E-state index in [1.165, 1.54) is 48.4 Å². The second-order valence-corrected chi connectivity index (χ2v) is 8.15. The molecule has 5 rings (SSSR count). The van der Waals surface area contributed by atoms with Crippen molar-refractivity contribution >= 4 is 27.2 Å². The summed E-state index contributed by atoms with van der Waals surface area (Å²) >= 11 is 3.35. The average molecular weight is 469 g/mol. The van der Waals surface area contributed by atoms with Gasteiger partial charge in [-0.2, -0.15) is 0 Å². The summed E-state index contributed by atoms with van der Waals surface area (Å²) in [6, 6.07) is 25.9. The molecule has 0 fully saturated rings. The standard InChI is InChI=1S/C26H20N.2ClH.Cr/c1-18-21(17-22-10-4-8-19-7-2-3-12-24(19)22)14-15-23(18)25-13-5-9-20-11-6-16-27-26(20)25;;;/h2-13,16H,15,17H2,1H3;2*1H;/q;;;+2/p-2. The van der Waals surface area contributed by atoms with E-state index in [9.17, 15) is 0 Å². The summed E-state index contributed by atoms with van der Waals surface area (Å²) < 4.78 is 1.35. The maximum absolute atomic E-state index is 4.67. The molecule has 0 bridgehead atoms. The molecular formula is C26H20Cl2CrN. The van der Waals surface area contributed by atoms with E-state index < -0.39 is 0 Å². The van der Waals surface area contributed by atoms with Crippen LogP contribution in [0.1, 0.15) is 24.5 Å². The number of rotatable bonds is 3. The molecule has 0 radical (unpaired) electrons. The minimum atomic E-state index is 0. The van der Waals surface area contributed by atoms with Gasteiger partial charge in [-0.15, -0.1) is 0 Å². The van der Waals surface area contributed by atoms with Crippen LogP contribution in [-0.4, -0.2) is 4.98 Å². The smallest absolute Gasteiger partial charge is 1.00 e. The Kier molecular flexibility index (Phi) is 7.07. The number of nitrogens with zero attached hydrogens (tertiary/aromatic N) is 1. The van der Waals surface area contributed by atoms with Crippen molar-refractivity contribution in [2.75, 3.05) is 0 Å². The number of aromatic nitrogens is 1. The van der Waals surface area contributed by atoms with Crippen LogP contribution in [-0.2, 0) is 22.7 Å². The van der Waals surface area contributed by atoms with E-state index in [2.05, 4.69) is 94.9 Å². The van der Waals surface area contributed by atoms with Crippen molar-refractivity contribution in [3.63, 3.8) is 0 Å². The van der Waals surface area contributed by atoms with Gasteiger partial charge in [0, 0.05) is 0 Å². The van der Waals surface area contributed by atoms with Gasteiger partial charge >= 0.3 is 174 Å². The van der Waals surface area contributed by atoms with Gasteiger partial charge in [-0.05, 0) is 0 Å². The van der Waals surface area contributed by atoms with Crippen molar-refractivity contribution in [2.24, 2.45) is 0 Å². The Bertz CT molecular complexity index is 1280. The van der Waals surface area contributed by atoms with Gasteiger partial charge in [-0.1, -0.05) is 0 Å². The summed E-state index contributed by atoms with van der Waals surface area (Å²) in [6.45, 7) is 2.27. The molecule has 4 heteroatoms. The van der Waals surface area contributed by atoms with Crippen LogP contribution in [0.25, 0.3) is 27.2 Å². The predicted octanol–water partition coefficient (Wildman–Crippen LogP) is 0.617. The van der Waals surface area contributed by atoms with Crippen molar-refractivity contribution in [3.8, 4) is 0 Å². The molecule has 4 aromatic rings. The first kappa shape index (κ1) is 22.6. The SMILES string of the molecule is CC1=C(c2cccc3cccnc23)C[C]([Cr+2])=C1Cc1cccc2ccccc12.[Cl-].[Cl-]. The third-order valence-corrected chi connectivity index (χ3v) is 6.39. The van der Waals surface area contributed by atoms with E-state index in [-0.39, 0.29) is 24.8 Å². The van der Waals surface area contributed by atoms with Gasteiger partial charge in [0.05, 0.1) is 0 Å². The molecule has 0 N–H and O–H groups in total. The van der Waals surface area contributed by atoms with Gasteiger partial charge in [0.15, 0.2) is 0 Å². The molecule has 1 nitrogen and oxygen atoms in total. The Morgan fingerprint density at radius 3 is 2.40 bits per heavy atom. The Balaban J connectivity index is 0.00000128. The number of para-hydroxylation sites is 1. The third kappa shape index (κ3) is 3.94. The summed E-state index contributed by atoms with van der Waals surface area (Å²) in [5, 5.41) is 3.85. The number of fused-ring (bicyclic) bond motifs is 2. The molecule has 1 aliphatic rings. The van der Waals surface area contributed by atoms with Crippen LogP contribution >= 0.6 is 0 Å². The fourth-order valence-electron chi connectivity index (χ4n) is 4.30. The van der Waals surface area contributed by atoms with E-state index in [4.69, 9.17) is 0 Å². The predicted molar refractivity (Wildman–Crippen MR) is 114 cm³/mol. The molecule has 30 heavy (non-hydrogen) atoms. The summed E-state index contributed by atoms with van der Waals surface area (Å²) in [7, 11) is 0. The van der Waals surface area contributed by atoms with Gasteiger partial charge in [0.1, 0.15) is 0 Å². The van der Waals surface area contributed by atoms with Crippen molar-refractivity contribution in [3.05, 3.63) is 106 Å². The number of halogens is 2. The van der Waals surface area contributed by atoms with Crippen LogP contribution in [0.2, 0.25) is 0 Å². The molecule has 1 heterocycles. The van der Waals surface area contributed by atoms with Crippen LogP contribution in [0.3, 0.4) is 0 Å². The van der Waals surface area contributed by atoms with Crippen LogP contribution in [0, 0.1) is 0 Å². The van der Waals surface area contributed by atoms with E-state index in [0.29, 0.717) is 0 Å². The second-order valence-electron chi connectivity index (χ2n) is 7.38. The summed E-state index contributed by atoms with van der Waals surface area (Å²) in [5.41, 5.74) is 7.96. The molecule has 1 aromatic heterocycles. The quantitative estimate of drug-likeness (QED) is 0.429. The first-order valence-corrected chi connectivity index (χ1v) is 10.3. The summed E-state index contributed by atoms with van der Waals surface area (Å²) in [4.78, 5) is 4.67. The Labute approximate surface area is 198 Å². The largest absolute Gasteiger partial charge is 1.00 e. The number of hydrogen-bond acceptors (Lipinski definition) is 1. The van der Waals surface area contributed by atoms with Gasteiger partial charge in [0.25, 0.3) is 0 Å². The fourth-order valence-corrected chi connectivity index (χ4v) is 4.88. The van der Waals surface area contributed by atoms with Crippen molar-refractivity contribution < 1.29 is 41.1 Å². The number of pyridine rings is 1. The van der Waals surface area contributed by atoms with E-state index in [1.54, 1.807) is 0 Å². The normalized spacial score (nSPS) is 13.5. The van der Waals surface area contributed by atoms with E-state index in [1.807, 2.05) is 12.3 Å². The maximum atomic E-state index is 4.67. The topological polar surface area (TPSA) is 12.9 Å². The maximum Gasteiger partial charge on any atom is -1.00 e. The average Bonchev–Trinajstić information content (AvgIpc) is 3.02. The molecule has 0 spiro atoms. The molecule has 0 saturated carbocycles. The summed E-state index contributed by atoms with van der Waals surface area (Å²) in [5.74, 6) is 0. The molecule has 0 saturated heterocycles. The zero-order valence-corrected chi connectivity index (χ0v) is 19.3. The zero-order chi connectivity index (χ0) is 19.1. The monoisotopic (exact) mass is 468 g/mol. The molecule has 0 unspecified atom stereocenters. The molecule has 0 amide bonds.